The summed E-state index contributed by atoms with van der Waals surface area (Å²) in [6, 6.07) is -0.903. The number of methoxy groups -OCH3 is 1. The van der Waals surface area contributed by atoms with Crippen molar-refractivity contribution < 1.29 is 24.2 Å². The van der Waals surface area contributed by atoms with Crippen LogP contribution in [0, 0.1) is 5.41 Å². The quantitative estimate of drug-likeness (QED) is 0.551. The van der Waals surface area contributed by atoms with Crippen molar-refractivity contribution in [3.8, 4) is 0 Å². The molecule has 2 unspecified atom stereocenters. The SMILES string of the molecule is COCCN(C)CCNC(=O)NC1COCC1(C)C(=O)O. The van der Waals surface area contributed by atoms with E-state index in [9.17, 15) is 14.7 Å². The van der Waals surface area contributed by atoms with Crippen molar-refractivity contribution in [1.82, 2.24) is 15.5 Å². The minimum atomic E-state index is -1.08. The van der Waals surface area contributed by atoms with Crippen LogP contribution in [-0.2, 0) is 14.3 Å². The molecule has 0 bridgehead atoms. The minimum Gasteiger partial charge on any atom is -0.481 e. The van der Waals surface area contributed by atoms with Crippen LogP contribution in [0.15, 0.2) is 0 Å². The molecular weight excluding hydrogens is 278 g/mol. The Balaban J connectivity index is 2.29. The number of likely N-dealkylation sites (N-methyl/N-ethyl adjacent to an activating group) is 1. The number of hydrogen-bond donors (Lipinski definition) is 3. The average Bonchev–Trinajstić information content (AvgIpc) is 2.79. The van der Waals surface area contributed by atoms with E-state index in [2.05, 4.69) is 10.6 Å². The number of nitrogens with one attached hydrogen (secondary N) is 2. The van der Waals surface area contributed by atoms with Crippen LogP contribution in [0.25, 0.3) is 0 Å². The number of urea groups is 1. The van der Waals surface area contributed by atoms with Gasteiger partial charge in [-0.05, 0) is 14.0 Å². The first kappa shape index (κ1) is 17.7. The molecule has 0 radical (unpaired) electrons. The Kier molecular flexibility index (Phi) is 6.86. The minimum absolute atomic E-state index is 0.104. The Morgan fingerprint density at radius 2 is 2.19 bits per heavy atom. The molecule has 1 saturated heterocycles. The monoisotopic (exact) mass is 303 g/mol. The number of rotatable bonds is 8. The number of carbonyl (C=O) groups is 2. The number of nitrogens with zero attached hydrogens (tertiary/aromatic N) is 1. The molecule has 1 aliphatic rings. The molecule has 1 rings (SSSR count). The van der Waals surface area contributed by atoms with E-state index in [1.807, 2.05) is 11.9 Å². The summed E-state index contributed by atoms with van der Waals surface area (Å²) in [6.45, 7) is 4.48. The highest BCUT2D eigenvalue weighted by Crippen LogP contribution is 2.28. The molecule has 0 spiro atoms. The molecule has 1 heterocycles. The fourth-order valence-corrected chi connectivity index (χ4v) is 2.01. The highest BCUT2D eigenvalue weighted by atomic mass is 16.5. The van der Waals surface area contributed by atoms with Gasteiger partial charge in [-0.2, -0.15) is 0 Å². The van der Waals surface area contributed by atoms with Gasteiger partial charge in [0.25, 0.3) is 0 Å². The summed E-state index contributed by atoms with van der Waals surface area (Å²) in [6.07, 6.45) is 0. The van der Waals surface area contributed by atoms with E-state index in [0.29, 0.717) is 19.7 Å². The molecule has 3 N–H and O–H groups in total. The second-order valence-corrected chi connectivity index (χ2v) is 5.49. The van der Waals surface area contributed by atoms with E-state index in [-0.39, 0.29) is 19.2 Å². The van der Waals surface area contributed by atoms with Crippen molar-refractivity contribution in [2.45, 2.75) is 13.0 Å². The van der Waals surface area contributed by atoms with Crippen LogP contribution in [-0.4, -0.2) is 81.7 Å². The summed E-state index contributed by atoms with van der Waals surface area (Å²) in [5.41, 5.74) is -1.08. The maximum absolute atomic E-state index is 11.8. The summed E-state index contributed by atoms with van der Waals surface area (Å²) in [7, 11) is 3.58. The van der Waals surface area contributed by atoms with Crippen LogP contribution in [0.2, 0.25) is 0 Å². The lowest BCUT2D eigenvalue weighted by Crippen LogP contribution is -2.53. The molecule has 8 nitrogen and oxygen atoms in total. The molecule has 0 aliphatic carbocycles. The smallest absolute Gasteiger partial charge is 0.315 e. The Labute approximate surface area is 124 Å². The molecule has 0 saturated carbocycles. The zero-order valence-corrected chi connectivity index (χ0v) is 12.8. The van der Waals surface area contributed by atoms with Gasteiger partial charge in [-0.25, -0.2) is 4.79 Å². The Morgan fingerprint density at radius 1 is 1.48 bits per heavy atom. The first-order chi connectivity index (χ1) is 9.90. The van der Waals surface area contributed by atoms with E-state index in [0.717, 1.165) is 6.54 Å². The van der Waals surface area contributed by atoms with E-state index < -0.39 is 17.4 Å². The molecule has 0 aromatic carbocycles. The molecule has 0 aromatic heterocycles. The molecule has 0 aromatic rings. The Bertz CT molecular complexity index is 366. The largest absolute Gasteiger partial charge is 0.481 e. The summed E-state index contributed by atoms with van der Waals surface area (Å²) in [5.74, 6) is -0.968. The topological polar surface area (TPSA) is 100 Å². The first-order valence-electron chi connectivity index (χ1n) is 6.93. The van der Waals surface area contributed by atoms with Gasteiger partial charge in [0.15, 0.2) is 0 Å². The average molecular weight is 303 g/mol. The zero-order chi connectivity index (χ0) is 15.9. The van der Waals surface area contributed by atoms with Crippen molar-refractivity contribution in [2.24, 2.45) is 5.41 Å². The van der Waals surface area contributed by atoms with Gasteiger partial charge < -0.3 is 30.1 Å². The van der Waals surface area contributed by atoms with Crippen molar-refractivity contribution in [3.05, 3.63) is 0 Å². The number of amides is 2. The van der Waals surface area contributed by atoms with Gasteiger partial charge in [-0.15, -0.1) is 0 Å². The summed E-state index contributed by atoms with van der Waals surface area (Å²) in [5, 5.41) is 14.6. The van der Waals surface area contributed by atoms with Crippen LogP contribution in [0.1, 0.15) is 6.92 Å². The Morgan fingerprint density at radius 3 is 2.81 bits per heavy atom. The molecular formula is C13H25N3O5. The van der Waals surface area contributed by atoms with E-state index in [4.69, 9.17) is 9.47 Å². The molecule has 122 valence electrons. The Hall–Kier alpha value is -1.38. The zero-order valence-electron chi connectivity index (χ0n) is 12.8. The van der Waals surface area contributed by atoms with E-state index >= 15 is 0 Å². The van der Waals surface area contributed by atoms with Crippen molar-refractivity contribution in [3.63, 3.8) is 0 Å². The predicted molar refractivity (Wildman–Crippen MR) is 76.3 cm³/mol. The maximum atomic E-state index is 11.8. The summed E-state index contributed by atoms with van der Waals surface area (Å²) >= 11 is 0. The molecule has 1 fully saturated rings. The number of hydrogen-bond acceptors (Lipinski definition) is 5. The standard InChI is InChI=1S/C13H25N3O5/c1-13(11(17)18)9-21-8-10(13)15-12(19)14-4-5-16(2)6-7-20-3/h10H,4-9H2,1-3H3,(H,17,18)(H2,14,15,19). The molecule has 2 atom stereocenters. The lowest BCUT2D eigenvalue weighted by atomic mass is 9.85. The lowest BCUT2D eigenvalue weighted by molar-refractivity contribution is -0.148. The molecule has 2 amide bonds. The van der Waals surface area contributed by atoms with Gasteiger partial charge in [0.05, 0.1) is 25.9 Å². The van der Waals surface area contributed by atoms with E-state index in [1.54, 1.807) is 14.0 Å². The molecule has 21 heavy (non-hydrogen) atoms. The number of carboxylic acids is 1. The first-order valence-corrected chi connectivity index (χ1v) is 6.93. The van der Waals surface area contributed by atoms with Crippen LogP contribution in [0.5, 0.6) is 0 Å². The second kappa shape index (κ2) is 8.16. The third-order valence-corrected chi connectivity index (χ3v) is 3.71. The number of carboxylic acid groups (broad SMARTS) is 1. The fraction of sp³-hybridized carbons (Fsp3) is 0.846. The third kappa shape index (κ3) is 5.14. The van der Waals surface area contributed by atoms with E-state index in [1.165, 1.54) is 0 Å². The van der Waals surface area contributed by atoms with Crippen LogP contribution >= 0.6 is 0 Å². The van der Waals surface area contributed by atoms with Crippen molar-refractivity contribution in [2.75, 3.05) is 53.6 Å². The van der Waals surface area contributed by atoms with Gasteiger partial charge in [-0.3, -0.25) is 4.79 Å². The van der Waals surface area contributed by atoms with Crippen molar-refractivity contribution in [1.29, 1.82) is 0 Å². The molecule has 1 aliphatic heterocycles. The van der Waals surface area contributed by atoms with Gasteiger partial charge in [0.1, 0.15) is 5.41 Å². The van der Waals surface area contributed by atoms with Gasteiger partial charge >= 0.3 is 12.0 Å². The second-order valence-electron chi connectivity index (χ2n) is 5.49. The predicted octanol–water partition coefficient (Wildman–Crippen LogP) is -0.646. The number of carbonyl (C=O) groups excluding carboxylic acids is 1. The van der Waals surface area contributed by atoms with Crippen LogP contribution < -0.4 is 10.6 Å². The highest BCUT2D eigenvalue weighted by Gasteiger charge is 2.47. The maximum Gasteiger partial charge on any atom is 0.315 e. The highest BCUT2D eigenvalue weighted by molar-refractivity contribution is 5.79. The third-order valence-electron chi connectivity index (χ3n) is 3.71. The summed E-state index contributed by atoms with van der Waals surface area (Å²) < 4.78 is 10.1. The van der Waals surface area contributed by atoms with Crippen LogP contribution in [0.3, 0.4) is 0 Å². The van der Waals surface area contributed by atoms with Crippen LogP contribution in [0.4, 0.5) is 4.79 Å². The van der Waals surface area contributed by atoms with Gasteiger partial charge in [-0.1, -0.05) is 0 Å². The fourth-order valence-electron chi connectivity index (χ4n) is 2.01. The normalized spacial score (nSPS) is 25.0. The van der Waals surface area contributed by atoms with Gasteiger partial charge in [0.2, 0.25) is 0 Å². The molecule has 8 heteroatoms. The lowest BCUT2D eigenvalue weighted by Gasteiger charge is -2.25. The van der Waals surface area contributed by atoms with Crippen molar-refractivity contribution >= 4 is 12.0 Å². The van der Waals surface area contributed by atoms with Gasteiger partial charge in [0, 0.05) is 26.7 Å². The summed E-state index contributed by atoms with van der Waals surface area (Å²) in [4.78, 5) is 25.1. The number of aliphatic carboxylic acids is 1. The number of ether oxygens (including phenoxy) is 2.